The molecule has 0 radical (unpaired) electrons. The number of carbonyl (C=O) groups excluding carboxylic acids is 1. The minimum absolute atomic E-state index is 0.00600. The predicted molar refractivity (Wildman–Crippen MR) is 81.7 cm³/mol. The largest absolute Gasteiger partial charge is 0.481 e. The first-order chi connectivity index (χ1) is 9.66. The fraction of sp³-hybridized carbons (Fsp3) is 0.571. The van der Waals surface area contributed by atoms with Crippen molar-refractivity contribution >= 4 is 23.6 Å². The van der Waals surface area contributed by atoms with Crippen LogP contribution in [0.15, 0.2) is 5.03 Å². The Bertz CT molecular complexity index is 559. The molecule has 1 amide bonds. The lowest BCUT2D eigenvalue weighted by Crippen LogP contribution is -2.44. The maximum Gasteiger partial charge on any atom is 0.303 e. The van der Waals surface area contributed by atoms with Gasteiger partial charge in [0.25, 0.3) is 5.91 Å². The summed E-state index contributed by atoms with van der Waals surface area (Å²) in [6.07, 6.45) is 2.22. The summed E-state index contributed by atoms with van der Waals surface area (Å²) in [5, 5.41) is 12.2. The van der Waals surface area contributed by atoms with Crippen LogP contribution in [0.25, 0.3) is 0 Å². The third-order valence-corrected chi connectivity index (χ3v) is 3.69. The van der Waals surface area contributed by atoms with Crippen LogP contribution in [0.4, 0.5) is 0 Å². The number of aromatic nitrogens is 2. The molecule has 0 saturated carbocycles. The van der Waals surface area contributed by atoms with Crippen molar-refractivity contribution in [2.75, 3.05) is 6.26 Å². The third kappa shape index (κ3) is 5.00. The Morgan fingerprint density at radius 3 is 2.43 bits per heavy atom. The van der Waals surface area contributed by atoms with Gasteiger partial charge < -0.3 is 10.4 Å². The zero-order valence-corrected chi connectivity index (χ0v) is 13.8. The third-order valence-electron chi connectivity index (χ3n) is 3.00. The van der Waals surface area contributed by atoms with Crippen LogP contribution in [0, 0.1) is 13.8 Å². The number of rotatable bonds is 6. The van der Waals surface area contributed by atoms with Gasteiger partial charge in [-0.1, -0.05) is 0 Å². The van der Waals surface area contributed by atoms with Crippen molar-refractivity contribution in [3.8, 4) is 0 Å². The van der Waals surface area contributed by atoms with Crippen LogP contribution in [0.1, 0.15) is 48.6 Å². The Kier molecular flexibility index (Phi) is 5.71. The van der Waals surface area contributed by atoms with Gasteiger partial charge in [0.1, 0.15) is 10.9 Å². The fourth-order valence-electron chi connectivity index (χ4n) is 1.94. The lowest BCUT2D eigenvalue weighted by atomic mass is 9.98. The monoisotopic (exact) mass is 311 g/mol. The number of aliphatic carboxylic acids is 1. The molecule has 116 valence electrons. The molecule has 0 aliphatic heterocycles. The normalized spacial score (nSPS) is 11.3. The van der Waals surface area contributed by atoms with E-state index >= 15 is 0 Å². The lowest BCUT2D eigenvalue weighted by molar-refractivity contribution is -0.137. The maximum atomic E-state index is 12.5. The molecule has 1 aromatic rings. The number of carboxylic acids is 1. The van der Waals surface area contributed by atoms with Gasteiger partial charge >= 0.3 is 5.97 Å². The summed E-state index contributed by atoms with van der Waals surface area (Å²) in [6, 6.07) is 0. The van der Waals surface area contributed by atoms with Gasteiger partial charge in [0.05, 0.1) is 11.3 Å². The first kappa shape index (κ1) is 17.4. The van der Waals surface area contributed by atoms with E-state index in [2.05, 4.69) is 15.3 Å². The lowest BCUT2D eigenvalue weighted by Gasteiger charge is -2.26. The molecule has 0 fully saturated rings. The number of aryl methyl sites for hydroxylation is 2. The quantitative estimate of drug-likeness (QED) is 0.618. The van der Waals surface area contributed by atoms with Gasteiger partial charge in [0, 0.05) is 12.0 Å². The molecule has 2 N–H and O–H groups in total. The Balaban J connectivity index is 2.96. The minimum Gasteiger partial charge on any atom is -0.481 e. The number of carboxylic acid groups (broad SMARTS) is 1. The van der Waals surface area contributed by atoms with Crippen LogP contribution in [0.5, 0.6) is 0 Å². The molecule has 0 saturated heterocycles. The summed E-state index contributed by atoms with van der Waals surface area (Å²) in [7, 11) is 0. The second kappa shape index (κ2) is 6.89. The van der Waals surface area contributed by atoms with E-state index in [0.717, 1.165) is 0 Å². The van der Waals surface area contributed by atoms with E-state index in [4.69, 9.17) is 5.11 Å². The molecule has 0 aliphatic carbocycles. The molecule has 0 bridgehead atoms. The molecule has 1 aromatic heterocycles. The van der Waals surface area contributed by atoms with Gasteiger partial charge in [0.15, 0.2) is 0 Å². The maximum absolute atomic E-state index is 12.5. The van der Waals surface area contributed by atoms with E-state index in [-0.39, 0.29) is 12.3 Å². The average molecular weight is 311 g/mol. The van der Waals surface area contributed by atoms with E-state index in [1.807, 2.05) is 6.26 Å². The highest BCUT2D eigenvalue weighted by atomic mass is 32.2. The van der Waals surface area contributed by atoms with E-state index in [1.165, 1.54) is 11.8 Å². The molecule has 1 rings (SSSR count). The Hall–Kier alpha value is -1.63. The molecule has 1 heterocycles. The van der Waals surface area contributed by atoms with Crippen molar-refractivity contribution in [1.29, 1.82) is 0 Å². The smallest absolute Gasteiger partial charge is 0.303 e. The van der Waals surface area contributed by atoms with Crippen molar-refractivity contribution in [3.63, 3.8) is 0 Å². The standard InChI is InChI=1S/C14H21N3O3S/c1-8-11(13(21-5)16-9(2)15-8)12(20)17-14(3,4)7-6-10(18)19/h6-7H2,1-5H3,(H,17,20)(H,18,19). The summed E-state index contributed by atoms with van der Waals surface area (Å²) in [5.41, 5.74) is 0.470. The van der Waals surface area contributed by atoms with Crippen molar-refractivity contribution in [2.45, 2.75) is 51.1 Å². The fourth-order valence-corrected chi connectivity index (χ4v) is 2.61. The number of carbonyl (C=O) groups is 2. The van der Waals surface area contributed by atoms with E-state index in [1.54, 1.807) is 27.7 Å². The second-order valence-electron chi connectivity index (χ2n) is 5.47. The van der Waals surface area contributed by atoms with Crippen LogP contribution in [-0.2, 0) is 4.79 Å². The summed E-state index contributed by atoms with van der Waals surface area (Å²) in [6.45, 7) is 7.16. The molecule has 6 nitrogen and oxygen atoms in total. The van der Waals surface area contributed by atoms with Crippen LogP contribution in [-0.4, -0.2) is 38.7 Å². The molecule has 21 heavy (non-hydrogen) atoms. The van der Waals surface area contributed by atoms with Gasteiger partial charge in [-0.05, 0) is 40.4 Å². The van der Waals surface area contributed by atoms with Crippen LogP contribution >= 0.6 is 11.8 Å². The molecule has 0 unspecified atom stereocenters. The van der Waals surface area contributed by atoms with Crippen molar-refractivity contribution < 1.29 is 14.7 Å². The SMILES string of the molecule is CSc1nc(C)nc(C)c1C(=O)NC(C)(C)CCC(=O)O. The highest BCUT2D eigenvalue weighted by Gasteiger charge is 2.25. The first-order valence-electron chi connectivity index (χ1n) is 6.60. The number of nitrogens with one attached hydrogen (secondary N) is 1. The topological polar surface area (TPSA) is 92.2 Å². The summed E-state index contributed by atoms with van der Waals surface area (Å²) in [5.74, 6) is -0.525. The molecule has 0 aliphatic rings. The van der Waals surface area contributed by atoms with E-state index in [9.17, 15) is 9.59 Å². The predicted octanol–water partition coefficient (Wildman–Crippen LogP) is 2.19. The number of amides is 1. The zero-order valence-electron chi connectivity index (χ0n) is 13.0. The molecular weight excluding hydrogens is 290 g/mol. The minimum atomic E-state index is -0.878. The number of hydrogen-bond donors (Lipinski definition) is 2. The van der Waals surface area contributed by atoms with Gasteiger partial charge in [-0.2, -0.15) is 0 Å². The van der Waals surface area contributed by atoms with Crippen molar-refractivity contribution in [2.24, 2.45) is 0 Å². The Morgan fingerprint density at radius 1 is 1.29 bits per heavy atom. The number of thioether (sulfide) groups is 1. The molecule has 0 spiro atoms. The summed E-state index contributed by atoms with van der Waals surface area (Å²) < 4.78 is 0. The molecule has 0 aromatic carbocycles. The van der Waals surface area contributed by atoms with Crippen molar-refractivity contribution in [3.05, 3.63) is 17.1 Å². The number of hydrogen-bond acceptors (Lipinski definition) is 5. The second-order valence-corrected chi connectivity index (χ2v) is 6.27. The number of nitrogens with zero attached hydrogens (tertiary/aromatic N) is 2. The van der Waals surface area contributed by atoms with Crippen LogP contribution in [0.3, 0.4) is 0 Å². The Labute approximate surface area is 128 Å². The molecule has 0 atom stereocenters. The van der Waals surface area contributed by atoms with Gasteiger partial charge in [-0.25, -0.2) is 9.97 Å². The van der Waals surface area contributed by atoms with Gasteiger partial charge in [-0.15, -0.1) is 11.8 Å². The van der Waals surface area contributed by atoms with Crippen LogP contribution in [0.2, 0.25) is 0 Å². The molecular formula is C14H21N3O3S. The first-order valence-corrected chi connectivity index (χ1v) is 7.82. The van der Waals surface area contributed by atoms with E-state index in [0.29, 0.717) is 28.5 Å². The van der Waals surface area contributed by atoms with Gasteiger partial charge in [0.2, 0.25) is 0 Å². The highest BCUT2D eigenvalue weighted by molar-refractivity contribution is 7.98. The summed E-state index contributed by atoms with van der Waals surface area (Å²) >= 11 is 1.39. The summed E-state index contributed by atoms with van der Waals surface area (Å²) in [4.78, 5) is 31.6. The highest BCUT2D eigenvalue weighted by Crippen LogP contribution is 2.22. The van der Waals surface area contributed by atoms with E-state index < -0.39 is 11.5 Å². The van der Waals surface area contributed by atoms with Crippen molar-refractivity contribution in [1.82, 2.24) is 15.3 Å². The average Bonchev–Trinajstić information content (AvgIpc) is 2.34. The van der Waals surface area contributed by atoms with Crippen LogP contribution < -0.4 is 5.32 Å². The molecule has 7 heteroatoms. The Morgan fingerprint density at radius 2 is 1.90 bits per heavy atom. The van der Waals surface area contributed by atoms with Gasteiger partial charge in [-0.3, -0.25) is 9.59 Å². The zero-order chi connectivity index (χ0) is 16.2.